The average Bonchev–Trinajstić information content (AvgIpc) is 2.31. The molecule has 0 amide bonds. The van der Waals surface area contributed by atoms with Crippen LogP contribution >= 0.6 is 0 Å². The minimum atomic E-state index is -1.18. The molecule has 0 aliphatic rings. The summed E-state index contributed by atoms with van der Waals surface area (Å²) in [5.74, 6) is -0.174. The van der Waals surface area contributed by atoms with Gasteiger partial charge in [-0.15, -0.1) is 0 Å². The van der Waals surface area contributed by atoms with Gasteiger partial charge < -0.3 is 20.1 Å². The Morgan fingerprint density at radius 3 is 2.27 bits per heavy atom. The fourth-order valence-electron chi connectivity index (χ4n) is 1.26. The molecule has 2 atom stereocenters. The molecule has 0 aliphatic heterocycles. The molecule has 0 aromatic heterocycles. The van der Waals surface area contributed by atoms with Gasteiger partial charge in [0.25, 0.3) is 0 Å². The highest BCUT2D eigenvalue weighted by molar-refractivity contribution is 5.19. The third-order valence-corrected chi connectivity index (χ3v) is 2.14. The van der Waals surface area contributed by atoms with Crippen LogP contribution in [0.3, 0.4) is 0 Å². The molecule has 84 valence electrons. The first-order valence-corrected chi connectivity index (χ1v) is 4.84. The number of aliphatic hydroxyl groups is 3. The van der Waals surface area contributed by atoms with Crippen LogP contribution < -0.4 is 0 Å². The lowest BCUT2D eigenvalue weighted by Gasteiger charge is -2.16. The van der Waals surface area contributed by atoms with Crippen molar-refractivity contribution in [2.24, 2.45) is 0 Å². The summed E-state index contributed by atoms with van der Waals surface area (Å²) in [5.41, 5.74) is 0.949. The first kappa shape index (κ1) is 12.1. The quantitative estimate of drug-likeness (QED) is 0.584. The maximum absolute atomic E-state index is 9.14. The van der Waals surface area contributed by atoms with Crippen molar-refractivity contribution in [2.45, 2.75) is 12.2 Å². The standard InChI is InChI=1S/C11H16O4/c12-6-10(8-15-11(14)7-13)9-4-2-1-3-5-9/h1-5,10-14H,6-8H2. The average molecular weight is 212 g/mol. The van der Waals surface area contributed by atoms with E-state index < -0.39 is 12.9 Å². The van der Waals surface area contributed by atoms with Crippen LogP contribution in [0.1, 0.15) is 11.5 Å². The van der Waals surface area contributed by atoms with Gasteiger partial charge >= 0.3 is 0 Å². The normalized spacial score (nSPS) is 14.9. The van der Waals surface area contributed by atoms with E-state index in [1.807, 2.05) is 30.3 Å². The first-order valence-electron chi connectivity index (χ1n) is 4.84. The van der Waals surface area contributed by atoms with Crippen molar-refractivity contribution < 1.29 is 20.1 Å². The van der Waals surface area contributed by atoms with Crippen molar-refractivity contribution in [1.82, 2.24) is 0 Å². The predicted molar refractivity (Wildman–Crippen MR) is 55.3 cm³/mol. The fourth-order valence-corrected chi connectivity index (χ4v) is 1.26. The zero-order valence-corrected chi connectivity index (χ0v) is 8.41. The fraction of sp³-hybridized carbons (Fsp3) is 0.455. The van der Waals surface area contributed by atoms with E-state index in [1.54, 1.807) is 0 Å². The Hall–Kier alpha value is -0.940. The van der Waals surface area contributed by atoms with Crippen LogP contribution in [-0.4, -0.2) is 41.4 Å². The van der Waals surface area contributed by atoms with Crippen molar-refractivity contribution in [3.63, 3.8) is 0 Å². The lowest BCUT2D eigenvalue weighted by atomic mass is 10.0. The second kappa shape index (κ2) is 6.53. The van der Waals surface area contributed by atoms with Gasteiger partial charge in [-0.25, -0.2) is 0 Å². The van der Waals surface area contributed by atoms with Gasteiger partial charge in [0.2, 0.25) is 0 Å². The highest BCUT2D eigenvalue weighted by Gasteiger charge is 2.12. The van der Waals surface area contributed by atoms with Gasteiger partial charge in [0.1, 0.15) is 0 Å². The Kier molecular flexibility index (Phi) is 5.28. The first-order chi connectivity index (χ1) is 7.27. The van der Waals surface area contributed by atoms with Crippen LogP contribution in [0.4, 0.5) is 0 Å². The van der Waals surface area contributed by atoms with Crippen molar-refractivity contribution in [1.29, 1.82) is 0 Å². The minimum Gasteiger partial charge on any atom is -0.396 e. The zero-order chi connectivity index (χ0) is 11.1. The molecule has 0 saturated heterocycles. The van der Waals surface area contributed by atoms with Gasteiger partial charge in [-0.3, -0.25) is 0 Å². The van der Waals surface area contributed by atoms with Crippen LogP contribution in [0.15, 0.2) is 30.3 Å². The third kappa shape index (κ3) is 3.97. The molecule has 0 fully saturated rings. The highest BCUT2D eigenvalue weighted by atomic mass is 16.6. The summed E-state index contributed by atoms with van der Waals surface area (Å²) in [5, 5.41) is 26.7. The number of rotatable bonds is 6. The van der Waals surface area contributed by atoms with E-state index in [9.17, 15) is 0 Å². The number of benzene rings is 1. The lowest BCUT2D eigenvalue weighted by Crippen LogP contribution is -2.21. The Morgan fingerprint density at radius 1 is 1.07 bits per heavy atom. The summed E-state index contributed by atoms with van der Waals surface area (Å²) in [4.78, 5) is 0. The summed E-state index contributed by atoms with van der Waals surface area (Å²) >= 11 is 0. The summed E-state index contributed by atoms with van der Waals surface area (Å²) in [6, 6.07) is 9.41. The largest absolute Gasteiger partial charge is 0.396 e. The number of ether oxygens (including phenoxy) is 1. The third-order valence-electron chi connectivity index (χ3n) is 2.14. The molecule has 0 aliphatic carbocycles. The number of aliphatic hydroxyl groups excluding tert-OH is 3. The van der Waals surface area contributed by atoms with E-state index >= 15 is 0 Å². The van der Waals surface area contributed by atoms with Crippen LogP contribution in [0, 0.1) is 0 Å². The summed E-state index contributed by atoms with van der Waals surface area (Å²) in [6.45, 7) is -0.308. The maximum atomic E-state index is 9.14. The molecular formula is C11H16O4. The zero-order valence-electron chi connectivity index (χ0n) is 8.41. The molecule has 0 saturated carbocycles. The topological polar surface area (TPSA) is 69.9 Å². The summed E-state index contributed by atoms with van der Waals surface area (Å²) < 4.78 is 4.94. The molecule has 0 bridgehead atoms. The van der Waals surface area contributed by atoms with Crippen LogP contribution in [-0.2, 0) is 4.74 Å². The lowest BCUT2D eigenvalue weighted by molar-refractivity contribution is -0.129. The molecule has 0 radical (unpaired) electrons. The Labute approximate surface area is 88.8 Å². The minimum absolute atomic E-state index is 0.0534. The number of hydrogen-bond acceptors (Lipinski definition) is 4. The molecule has 0 heterocycles. The van der Waals surface area contributed by atoms with Gasteiger partial charge in [-0.1, -0.05) is 30.3 Å². The molecule has 4 heteroatoms. The smallest absolute Gasteiger partial charge is 0.177 e. The molecule has 2 unspecified atom stereocenters. The molecular weight excluding hydrogens is 196 g/mol. The summed E-state index contributed by atoms with van der Waals surface area (Å²) in [7, 11) is 0. The molecule has 4 nitrogen and oxygen atoms in total. The van der Waals surface area contributed by atoms with Crippen LogP contribution in [0.5, 0.6) is 0 Å². The van der Waals surface area contributed by atoms with Gasteiger partial charge in [0, 0.05) is 5.92 Å². The SMILES string of the molecule is OCC(O)OCC(CO)c1ccccc1. The van der Waals surface area contributed by atoms with E-state index in [1.165, 1.54) is 0 Å². The van der Waals surface area contributed by atoms with Gasteiger partial charge in [-0.05, 0) is 5.56 Å². The van der Waals surface area contributed by atoms with E-state index in [2.05, 4.69) is 0 Å². The van der Waals surface area contributed by atoms with Gasteiger partial charge in [0.15, 0.2) is 6.29 Å². The van der Waals surface area contributed by atoms with Gasteiger partial charge in [0.05, 0.1) is 19.8 Å². The Morgan fingerprint density at radius 2 is 1.73 bits per heavy atom. The number of hydrogen-bond donors (Lipinski definition) is 3. The van der Waals surface area contributed by atoms with E-state index in [0.29, 0.717) is 0 Å². The second-order valence-corrected chi connectivity index (χ2v) is 3.26. The maximum Gasteiger partial charge on any atom is 0.177 e. The molecule has 15 heavy (non-hydrogen) atoms. The monoisotopic (exact) mass is 212 g/mol. The van der Waals surface area contributed by atoms with E-state index in [0.717, 1.165) is 5.56 Å². The molecule has 3 N–H and O–H groups in total. The van der Waals surface area contributed by atoms with Crippen LogP contribution in [0.2, 0.25) is 0 Å². The highest BCUT2D eigenvalue weighted by Crippen LogP contribution is 2.15. The van der Waals surface area contributed by atoms with E-state index in [-0.39, 0.29) is 19.1 Å². The Balaban J connectivity index is 2.50. The van der Waals surface area contributed by atoms with Crippen molar-refractivity contribution in [3.8, 4) is 0 Å². The van der Waals surface area contributed by atoms with E-state index in [4.69, 9.17) is 20.1 Å². The van der Waals surface area contributed by atoms with Crippen molar-refractivity contribution in [2.75, 3.05) is 19.8 Å². The van der Waals surface area contributed by atoms with Crippen molar-refractivity contribution >= 4 is 0 Å². The molecule has 1 aromatic rings. The molecule has 1 rings (SSSR count). The predicted octanol–water partition coefficient (Wildman–Crippen LogP) is 0.0898. The van der Waals surface area contributed by atoms with Crippen LogP contribution in [0.25, 0.3) is 0 Å². The Bertz CT molecular complexity index is 263. The summed E-state index contributed by atoms with van der Waals surface area (Å²) in [6.07, 6.45) is -1.18. The molecule has 1 aromatic carbocycles. The second-order valence-electron chi connectivity index (χ2n) is 3.26. The molecule has 0 spiro atoms. The van der Waals surface area contributed by atoms with Gasteiger partial charge in [-0.2, -0.15) is 0 Å². The van der Waals surface area contributed by atoms with Crippen molar-refractivity contribution in [3.05, 3.63) is 35.9 Å².